The van der Waals surface area contributed by atoms with Crippen molar-refractivity contribution in [3.8, 4) is 62.9 Å². The number of carbonyl (C=O) groups is 1. The Labute approximate surface area is 495 Å². The van der Waals surface area contributed by atoms with E-state index in [4.69, 9.17) is 51.8 Å². The zero-order valence-corrected chi connectivity index (χ0v) is 45.5. The van der Waals surface area contributed by atoms with Crippen LogP contribution in [0.4, 0.5) is 0 Å². The van der Waals surface area contributed by atoms with Gasteiger partial charge in [0.1, 0.15) is 121 Å². The van der Waals surface area contributed by atoms with Crippen LogP contribution in [0.5, 0.6) is 40.2 Å². The molecule has 1 aliphatic carbocycles. The first kappa shape index (κ1) is 64.9. The summed E-state index contributed by atoms with van der Waals surface area (Å²) >= 11 is 0. The fourth-order valence-corrected chi connectivity index (χ4v) is 9.48. The van der Waals surface area contributed by atoms with Gasteiger partial charge in [0.25, 0.3) is 0 Å². The molecule has 1 unspecified atom stereocenters. The maximum absolute atomic E-state index is 14.0. The van der Waals surface area contributed by atoms with Gasteiger partial charge in [0.15, 0.2) is 34.5 Å². The van der Waals surface area contributed by atoms with E-state index in [1.54, 1.807) is 0 Å². The van der Waals surface area contributed by atoms with Crippen molar-refractivity contribution in [3.63, 3.8) is 0 Å². The first-order chi connectivity index (χ1) is 41.9. The molecule has 3 aromatic carbocycles. The molecule has 6 aliphatic rings. The van der Waals surface area contributed by atoms with Crippen LogP contribution in [-0.2, 0) is 33.2 Å². The summed E-state index contributed by atoms with van der Waals surface area (Å²) < 4.78 is 63.3. The number of phenols is 3. The highest BCUT2D eigenvalue weighted by atomic mass is 16.7. The second-order valence-electron chi connectivity index (χ2n) is 20.6. The van der Waals surface area contributed by atoms with Crippen molar-refractivity contribution in [2.75, 3.05) is 26.4 Å². The van der Waals surface area contributed by atoms with Gasteiger partial charge in [-0.25, -0.2) is 4.79 Å². The highest BCUT2D eigenvalue weighted by Gasteiger charge is 2.50. The average molecular weight is 1240 g/mol. The minimum atomic E-state index is -2.21. The number of ether oxygens (including phenoxy) is 10. The zero-order valence-electron chi connectivity index (χ0n) is 45.5. The predicted molar refractivity (Wildman–Crippen MR) is 290 cm³/mol. The Hall–Kier alpha value is -7.61. The Kier molecular flexibility index (Phi) is 20.5. The molecular formula is C57H63O31+. The van der Waals surface area contributed by atoms with Crippen molar-refractivity contribution in [2.45, 2.75) is 123 Å². The fraction of sp³-hybridized carbons (Fsp3) is 0.421. The molecule has 4 fully saturated rings. The van der Waals surface area contributed by atoms with E-state index in [0.29, 0.717) is 11.1 Å². The Bertz CT molecular complexity index is 3150. The predicted octanol–water partition coefficient (Wildman–Crippen LogP) is -4.25. The van der Waals surface area contributed by atoms with Gasteiger partial charge in [-0.1, -0.05) is 24.3 Å². The molecule has 18 N–H and O–H groups in total. The van der Waals surface area contributed by atoms with Crippen LogP contribution in [0.15, 0.2) is 100 Å². The lowest BCUT2D eigenvalue weighted by molar-refractivity contribution is -0.279. The molecule has 20 atom stereocenters. The third-order valence-electron chi connectivity index (χ3n) is 14.5. The highest BCUT2D eigenvalue weighted by Crippen LogP contribution is 2.47. The number of hydrogen-bond acceptors (Lipinski definition) is 30. The SMILES string of the molecule is O=C(C=Cc1ccc(O)cc1)OC[C@H]1O[C@H](Oc2cc(-c3oc4cc(O[C@@H]5O[C@H](CO)[C@@H](O)C(O)[C@@H]5O)cc(=O)c-4cc3O[C@@H]3O[C@@H](CO)[C@@H](O)[C@@H](O)[C@H]3O)cc(O[C@@H]3O[C@H](COC(=[OH+])C=Cc4ccc(O)cc4)[C@@H](O)[C@@H](O)[C@@H]3O)c2O)[C@@H](O)[C@@H](O)[C@@H]1O. The number of esters is 2. The molecule has 0 saturated carbocycles. The second kappa shape index (κ2) is 27.8. The van der Waals surface area contributed by atoms with Gasteiger partial charge in [0.05, 0.1) is 24.9 Å². The number of aliphatic hydroxyl groups is 14. The number of phenolic OH excluding ortho intramolecular Hbond substituents is 3. The molecule has 0 bridgehead atoms. The van der Waals surface area contributed by atoms with Crippen LogP contribution < -0.4 is 24.4 Å². The minimum Gasteiger partial charge on any atom is -0.508 e. The molecule has 3 aromatic rings. The molecule has 0 spiro atoms. The van der Waals surface area contributed by atoms with Gasteiger partial charge in [-0.3, -0.25) is 4.79 Å². The summed E-state index contributed by atoms with van der Waals surface area (Å²) in [4.78, 5) is 37.3. The molecule has 0 amide bonds. The Morgan fingerprint density at radius 3 is 1.35 bits per heavy atom. The molecule has 5 heterocycles. The quantitative estimate of drug-likeness (QED) is 0.0211. The van der Waals surface area contributed by atoms with Gasteiger partial charge in [0.2, 0.25) is 37.5 Å². The topological polar surface area (TPSA) is 505 Å². The summed E-state index contributed by atoms with van der Waals surface area (Å²) in [7, 11) is 0. The third kappa shape index (κ3) is 14.4. The zero-order chi connectivity index (χ0) is 63.4. The number of benzene rings is 4. The normalized spacial score (nSPS) is 32.6. The van der Waals surface area contributed by atoms with E-state index in [2.05, 4.69) is 0 Å². The van der Waals surface area contributed by atoms with Crippen molar-refractivity contribution >= 4 is 24.1 Å². The molecule has 88 heavy (non-hydrogen) atoms. The number of fused-ring (bicyclic) bond motifs is 1. The molecule has 4 saturated heterocycles. The highest BCUT2D eigenvalue weighted by molar-refractivity contribution is 5.88. The average Bonchev–Trinajstić information content (AvgIpc) is 1.49. The van der Waals surface area contributed by atoms with Crippen LogP contribution in [0.1, 0.15) is 11.1 Å². The Morgan fingerprint density at radius 1 is 0.477 bits per heavy atom. The Morgan fingerprint density at radius 2 is 0.886 bits per heavy atom. The number of aromatic hydroxyl groups is 3. The van der Waals surface area contributed by atoms with Gasteiger partial charge >= 0.3 is 11.9 Å². The van der Waals surface area contributed by atoms with E-state index >= 15 is 0 Å². The molecule has 9 rings (SSSR count). The van der Waals surface area contributed by atoms with Crippen LogP contribution in [-0.4, -0.2) is 253 Å². The molecule has 0 aromatic heterocycles. The second-order valence-corrected chi connectivity index (χ2v) is 20.6. The Balaban J connectivity index is 1.10. The first-order valence-electron chi connectivity index (χ1n) is 26.9. The number of rotatable bonds is 19. The number of aliphatic hydroxyl groups excluding tert-OH is 14. The number of hydrogen-bond donors (Lipinski definition) is 17. The molecular weight excluding hydrogens is 1180 g/mol. The van der Waals surface area contributed by atoms with Gasteiger partial charge in [-0.2, -0.15) is 0 Å². The molecule has 5 aliphatic heterocycles. The lowest BCUT2D eigenvalue weighted by atomic mass is 9.99. The van der Waals surface area contributed by atoms with Gasteiger partial charge in [0, 0.05) is 23.8 Å². The maximum Gasteiger partial charge on any atom is 0.510 e. The van der Waals surface area contributed by atoms with Gasteiger partial charge in [-0.15, -0.1) is 0 Å². The van der Waals surface area contributed by atoms with Crippen molar-refractivity contribution in [2.24, 2.45) is 0 Å². The van der Waals surface area contributed by atoms with Crippen LogP contribution in [0, 0.1) is 0 Å². The van der Waals surface area contributed by atoms with E-state index in [1.807, 2.05) is 0 Å². The van der Waals surface area contributed by atoms with Gasteiger partial charge < -0.3 is 143 Å². The molecule has 476 valence electrons. The third-order valence-corrected chi connectivity index (χ3v) is 14.5. The fourth-order valence-electron chi connectivity index (χ4n) is 9.48. The van der Waals surface area contributed by atoms with E-state index < -0.39 is 212 Å². The van der Waals surface area contributed by atoms with Crippen LogP contribution in [0.3, 0.4) is 0 Å². The summed E-state index contributed by atoms with van der Waals surface area (Å²) in [5, 5.41) is 182. The van der Waals surface area contributed by atoms with Crippen molar-refractivity contribution in [3.05, 3.63) is 112 Å². The van der Waals surface area contributed by atoms with E-state index in [9.17, 15) is 101 Å². The molecule has 0 radical (unpaired) electrons. The summed E-state index contributed by atoms with van der Waals surface area (Å²) in [5.74, 6) is -6.66. The monoisotopic (exact) mass is 1240 g/mol. The van der Waals surface area contributed by atoms with Crippen LogP contribution in [0.2, 0.25) is 0 Å². The summed E-state index contributed by atoms with van der Waals surface area (Å²) in [6, 6.07) is 16.2. The summed E-state index contributed by atoms with van der Waals surface area (Å²) in [6.07, 6.45) is -34.0. The summed E-state index contributed by atoms with van der Waals surface area (Å²) in [5.41, 5.74) is -0.753. The van der Waals surface area contributed by atoms with Gasteiger partial charge in [-0.05, 0) is 65.7 Å². The van der Waals surface area contributed by atoms with Crippen molar-refractivity contribution in [1.82, 2.24) is 0 Å². The lowest BCUT2D eigenvalue weighted by Gasteiger charge is -2.40. The largest absolute Gasteiger partial charge is 0.510 e. The van der Waals surface area contributed by atoms with E-state index in [-0.39, 0.29) is 17.1 Å². The number of carbonyl (C=O) groups excluding carboxylic acids is 2. The minimum absolute atomic E-state index is 0.0279. The van der Waals surface area contributed by atoms with Crippen molar-refractivity contribution < 1.29 is 148 Å². The smallest absolute Gasteiger partial charge is 0.508 e. The lowest BCUT2D eigenvalue weighted by Crippen LogP contribution is -2.60. The van der Waals surface area contributed by atoms with Crippen LogP contribution >= 0.6 is 0 Å². The van der Waals surface area contributed by atoms with Crippen molar-refractivity contribution in [1.29, 1.82) is 0 Å². The molecule has 31 heteroatoms. The maximum atomic E-state index is 14.0. The summed E-state index contributed by atoms with van der Waals surface area (Å²) in [6.45, 7) is -3.34. The van der Waals surface area contributed by atoms with Crippen LogP contribution in [0.25, 0.3) is 34.8 Å². The molecule has 31 nitrogen and oxygen atoms in total. The standard InChI is InChI=1S/C57H62O31/c58-18-34-41(66)45(70)49(74)54(85-34)80-27-15-29(62)28-17-33(84-57-50(75)46(71)42(67)35(19-59)86-57)53(81-30(28)16-27)24-13-31(82-55-51(76)47(72)43(68)36(87-55)20-78-38(63)11-5-22-1-7-25(60)8-2-22)40(65)32(14-24)83-56-52(77)48(73)44(69)37(88-56)21-79-39(64)12-6-23-3-9-26(61)10-4-23/h1-17,34-37,41-52,54-61,65-77H,18-21H2/p+1/t34-,35+,36-,37-,41-,42-,43-,44-,45?,46-,47-,48+,49+,50-,51+,52+,54-,55-,56+,57-/m1/s1. The van der Waals surface area contributed by atoms with E-state index in [0.717, 1.165) is 42.5 Å². The van der Waals surface area contributed by atoms with E-state index in [1.165, 1.54) is 60.7 Å². The first-order valence-corrected chi connectivity index (χ1v) is 26.9.